The van der Waals surface area contributed by atoms with Gasteiger partial charge in [0.2, 0.25) is 5.95 Å². The van der Waals surface area contributed by atoms with Crippen LogP contribution in [0, 0.1) is 0 Å². The van der Waals surface area contributed by atoms with Gasteiger partial charge in [-0.05, 0) is 25.8 Å². The minimum Gasteiger partial charge on any atom is -0.384 e. The molecule has 4 N–H and O–H groups in total. The van der Waals surface area contributed by atoms with Gasteiger partial charge < -0.3 is 16.4 Å². The topological polar surface area (TPSA) is 107 Å². The fourth-order valence-corrected chi connectivity index (χ4v) is 2.43. The van der Waals surface area contributed by atoms with Crippen LogP contribution in [0.5, 0.6) is 0 Å². The van der Waals surface area contributed by atoms with E-state index in [0.717, 1.165) is 19.4 Å². The van der Waals surface area contributed by atoms with Crippen LogP contribution in [0.3, 0.4) is 0 Å². The Hall–Kier alpha value is -2.44. The quantitative estimate of drug-likeness (QED) is 0.841. The van der Waals surface area contributed by atoms with Crippen LogP contribution in [0.4, 0.5) is 17.6 Å². The highest BCUT2D eigenvalue weighted by Gasteiger charge is 2.23. The Labute approximate surface area is 117 Å². The van der Waals surface area contributed by atoms with Crippen molar-refractivity contribution in [1.82, 2.24) is 19.9 Å². The first-order chi connectivity index (χ1) is 9.65. The Kier molecular flexibility index (Phi) is 3.09. The van der Waals surface area contributed by atoms with Gasteiger partial charge in [0.25, 0.3) is 0 Å². The number of rotatable bonds is 2. The number of aromatic nitrogens is 4. The molecule has 3 rings (SSSR count). The molecule has 3 heterocycles. The van der Waals surface area contributed by atoms with Crippen molar-refractivity contribution in [2.75, 3.05) is 22.9 Å². The summed E-state index contributed by atoms with van der Waals surface area (Å²) in [5.74, 6) is 1.88. The molecule has 1 fully saturated rings. The molecule has 2 aromatic heterocycles. The SMILES string of the molecule is CC1CCCN1c1ncc(-c2nccc(N)n2)c(N)n1. The monoisotopic (exact) mass is 271 g/mol. The second-order valence-corrected chi connectivity index (χ2v) is 4.96. The Morgan fingerprint density at radius 1 is 1.25 bits per heavy atom. The van der Waals surface area contributed by atoms with E-state index in [-0.39, 0.29) is 0 Å². The van der Waals surface area contributed by atoms with Crippen LogP contribution in [0.2, 0.25) is 0 Å². The highest BCUT2D eigenvalue weighted by atomic mass is 15.3. The molecule has 0 radical (unpaired) electrons. The van der Waals surface area contributed by atoms with Gasteiger partial charge >= 0.3 is 0 Å². The lowest BCUT2D eigenvalue weighted by molar-refractivity contribution is 0.717. The number of hydrogen-bond donors (Lipinski definition) is 2. The van der Waals surface area contributed by atoms with Gasteiger partial charge in [0.15, 0.2) is 5.82 Å². The third kappa shape index (κ3) is 2.22. The van der Waals surface area contributed by atoms with E-state index in [9.17, 15) is 0 Å². The minimum atomic E-state index is 0.375. The predicted octanol–water partition coefficient (Wildman–Crippen LogP) is 1.09. The van der Waals surface area contributed by atoms with Crippen LogP contribution >= 0.6 is 0 Å². The molecule has 7 heteroatoms. The number of nitrogens with zero attached hydrogens (tertiary/aromatic N) is 5. The van der Waals surface area contributed by atoms with Gasteiger partial charge in [-0.1, -0.05) is 0 Å². The predicted molar refractivity (Wildman–Crippen MR) is 77.9 cm³/mol. The molecule has 1 aliphatic heterocycles. The van der Waals surface area contributed by atoms with E-state index >= 15 is 0 Å². The molecule has 1 aliphatic rings. The van der Waals surface area contributed by atoms with Gasteiger partial charge in [-0.3, -0.25) is 0 Å². The summed E-state index contributed by atoms with van der Waals surface area (Å²) in [7, 11) is 0. The first-order valence-corrected chi connectivity index (χ1v) is 6.63. The summed E-state index contributed by atoms with van der Waals surface area (Å²) in [5, 5.41) is 0. The molecule has 0 bridgehead atoms. The molecule has 0 spiro atoms. The third-order valence-electron chi connectivity index (χ3n) is 3.53. The molecule has 0 aromatic carbocycles. The summed E-state index contributed by atoms with van der Waals surface area (Å²) in [5.41, 5.74) is 12.3. The van der Waals surface area contributed by atoms with Crippen molar-refractivity contribution in [3.8, 4) is 11.4 Å². The van der Waals surface area contributed by atoms with Crippen LogP contribution in [0.25, 0.3) is 11.4 Å². The van der Waals surface area contributed by atoms with Crippen molar-refractivity contribution >= 4 is 17.6 Å². The molecular weight excluding hydrogens is 254 g/mol. The highest BCUT2D eigenvalue weighted by Crippen LogP contribution is 2.26. The standard InChI is InChI=1S/C13H17N7/c1-8-3-2-6-20(8)13-17-7-9(11(15)19-13)12-16-5-4-10(14)18-12/h4-5,7-8H,2-3,6H2,1H3,(H2,14,16,18)(H2,15,17,19). The van der Waals surface area contributed by atoms with Crippen molar-refractivity contribution in [2.45, 2.75) is 25.8 Å². The van der Waals surface area contributed by atoms with Gasteiger partial charge in [-0.25, -0.2) is 15.0 Å². The van der Waals surface area contributed by atoms with Crippen molar-refractivity contribution in [3.05, 3.63) is 18.5 Å². The minimum absolute atomic E-state index is 0.375. The number of anilines is 3. The van der Waals surface area contributed by atoms with E-state index in [0.29, 0.717) is 35.0 Å². The normalized spacial score (nSPS) is 18.4. The molecule has 7 nitrogen and oxygen atoms in total. The van der Waals surface area contributed by atoms with Crippen molar-refractivity contribution in [3.63, 3.8) is 0 Å². The van der Waals surface area contributed by atoms with Crippen LogP contribution in [-0.4, -0.2) is 32.5 Å². The van der Waals surface area contributed by atoms with E-state index in [1.807, 2.05) is 0 Å². The Morgan fingerprint density at radius 3 is 2.75 bits per heavy atom. The Balaban J connectivity index is 1.95. The lowest BCUT2D eigenvalue weighted by Crippen LogP contribution is -2.28. The van der Waals surface area contributed by atoms with E-state index in [4.69, 9.17) is 11.5 Å². The number of hydrogen-bond acceptors (Lipinski definition) is 7. The van der Waals surface area contributed by atoms with Crippen molar-refractivity contribution in [1.29, 1.82) is 0 Å². The van der Waals surface area contributed by atoms with E-state index in [2.05, 4.69) is 31.8 Å². The molecule has 104 valence electrons. The summed E-state index contributed by atoms with van der Waals surface area (Å²) in [6.07, 6.45) is 5.57. The van der Waals surface area contributed by atoms with Crippen LogP contribution < -0.4 is 16.4 Å². The number of nitrogens with two attached hydrogens (primary N) is 2. The molecule has 1 atom stereocenters. The number of nitrogen functional groups attached to an aromatic ring is 2. The molecule has 20 heavy (non-hydrogen) atoms. The smallest absolute Gasteiger partial charge is 0.227 e. The summed E-state index contributed by atoms with van der Waals surface area (Å²) in [4.78, 5) is 19.2. The first kappa shape index (κ1) is 12.6. The maximum Gasteiger partial charge on any atom is 0.227 e. The molecule has 2 aromatic rings. The van der Waals surface area contributed by atoms with E-state index in [1.165, 1.54) is 0 Å². The fraction of sp³-hybridized carbons (Fsp3) is 0.385. The maximum atomic E-state index is 6.02. The second kappa shape index (κ2) is 4.92. The lowest BCUT2D eigenvalue weighted by atomic mass is 10.2. The lowest BCUT2D eigenvalue weighted by Gasteiger charge is -2.21. The average Bonchev–Trinajstić information content (AvgIpc) is 2.85. The van der Waals surface area contributed by atoms with Gasteiger partial charge in [0.05, 0.1) is 5.56 Å². The van der Waals surface area contributed by atoms with E-state index < -0.39 is 0 Å². The third-order valence-corrected chi connectivity index (χ3v) is 3.53. The molecule has 0 amide bonds. The zero-order valence-corrected chi connectivity index (χ0v) is 11.3. The maximum absolute atomic E-state index is 6.02. The molecule has 0 aliphatic carbocycles. The van der Waals surface area contributed by atoms with Crippen LogP contribution in [0.15, 0.2) is 18.5 Å². The molecular formula is C13H17N7. The van der Waals surface area contributed by atoms with E-state index in [1.54, 1.807) is 18.5 Å². The fourth-order valence-electron chi connectivity index (χ4n) is 2.43. The summed E-state index contributed by atoms with van der Waals surface area (Å²) < 4.78 is 0. The van der Waals surface area contributed by atoms with Gasteiger partial charge in [-0.15, -0.1) is 0 Å². The van der Waals surface area contributed by atoms with Crippen molar-refractivity contribution < 1.29 is 0 Å². The Morgan fingerprint density at radius 2 is 2.10 bits per heavy atom. The second-order valence-electron chi connectivity index (χ2n) is 4.96. The van der Waals surface area contributed by atoms with Crippen LogP contribution in [0.1, 0.15) is 19.8 Å². The molecule has 0 saturated carbocycles. The van der Waals surface area contributed by atoms with Gasteiger partial charge in [0.1, 0.15) is 11.6 Å². The molecule has 1 unspecified atom stereocenters. The zero-order chi connectivity index (χ0) is 14.1. The first-order valence-electron chi connectivity index (χ1n) is 6.63. The summed E-state index contributed by atoms with van der Waals surface area (Å²) >= 11 is 0. The summed E-state index contributed by atoms with van der Waals surface area (Å²) in [6, 6.07) is 2.07. The summed E-state index contributed by atoms with van der Waals surface area (Å²) in [6.45, 7) is 3.14. The van der Waals surface area contributed by atoms with Crippen LogP contribution in [-0.2, 0) is 0 Å². The zero-order valence-electron chi connectivity index (χ0n) is 11.3. The van der Waals surface area contributed by atoms with Crippen molar-refractivity contribution in [2.24, 2.45) is 0 Å². The average molecular weight is 271 g/mol. The Bertz CT molecular complexity index is 628. The van der Waals surface area contributed by atoms with Gasteiger partial charge in [-0.2, -0.15) is 4.98 Å². The van der Waals surface area contributed by atoms with Gasteiger partial charge in [0, 0.05) is 25.0 Å². The highest BCUT2D eigenvalue weighted by molar-refractivity contribution is 5.69. The molecule has 1 saturated heterocycles. The largest absolute Gasteiger partial charge is 0.384 e.